The fourth-order valence-corrected chi connectivity index (χ4v) is 2.90. The van der Waals surface area contributed by atoms with Gasteiger partial charge in [-0.3, -0.25) is 24.3 Å². The third-order valence-corrected chi connectivity index (χ3v) is 3.99. The number of hydrogen-bond donors (Lipinski definition) is 1. The number of nitrogens with zero attached hydrogens (tertiary/aromatic N) is 2. The minimum Gasteiger partial charge on any atom is -0.343 e. The molecule has 4 rings (SSSR count). The van der Waals surface area contributed by atoms with Gasteiger partial charge in [0.05, 0.1) is 16.8 Å². The Labute approximate surface area is 125 Å². The molecule has 2 aliphatic heterocycles. The number of carbonyl (C=O) groups excluding carboxylic acids is 3. The zero-order valence-corrected chi connectivity index (χ0v) is 11.4. The van der Waals surface area contributed by atoms with Crippen molar-refractivity contribution in [1.82, 2.24) is 15.2 Å². The number of hydrogen-bond acceptors (Lipinski definition) is 4. The molecule has 3 amide bonds. The van der Waals surface area contributed by atoms with Gasteiger partial charge in [-0.15, -0.1) is 0 Å². The highest BCUT2D eigenvalue weighted by molar-refractivity contribution is 6.23. The van der Waals surface area contributed by atoms with Crippen molar-refractivity contribution in [1.29, 1.82) is 0 Å². The van der Waals surface area contributed by atoms with Crippen LogP contribution in [0.1, 0.15) is 32.5 Å². The quantitative estimate of drug-likeness (QED) is 0.659. The monoisotopic (exact) mass is 293 g/mol. The van der Waals surface area contributed by atoms with Gasteiger partial charge in [0.15, 0.2) is 0 Å². The van der Waals surface area contributed by atoms with E-state index in [2.05, 4.69) is 10.3 Å². The standard InChI is InChI=1S/C16H11N3O3/c20-14-13(12(18-14)11-7-3-4-8-17-11)19-15(21)9-5-1-2-6-10(9)16(19)22/h1-8,12-13H,(H,18,20)/t12-,13+/m1/s1. The van der Waals surface area contributed by atoms with Crippen LogP contribution in [0.4, 0.5) is 0 Å². The van der Waals surface area contributed by atoms with Crippen molar-refractivity contribution in [3.63, 3.8) is 0 Å². The van der Waals surface area contributed by atoms with Gasteiger partial charge >= 0.3 is 0 Å². The number of amides is 3. The summed E-state index contributed by atoms with van der Waals surface area (Å²) in [5.74, 6) is -1.20. The van der Waals surface area contributed by atoms with Gasteiger partial charge in [-0.05, 0) is 24.3 Å². The van der Waals surface area contributed by atoms with Crippen molar-refractivity contribution in [2.24, 2.45) is 0 Å². The van der Waals surface area contributed by atoms with Gasteiger partial charge in [0.1, 0.15) is 12.1 Å². The van der Waals surface area contributed by atoms with Gasteiger partial charge in [-0.25, -0.2) is 0 Å². The maximum atomic E-state index is 12.5. The number of aromatic nitrogens is 1. The molecule has 22 heavy (non-hydrogen) atoms. The summed E-state index contributed by atoms with van der Waals surface area (Å²) in [6.45, 7) is 0. The number of benzene rings is 1. The highest BCUT2D eigenvalue weighted by Gasteiger charge is 2.52. The highest BCUT2D eigenvalue weighted by atomic mass is 16.2. The Morgan fingerprint density at radius 2 is 1.55 bits per heavy atom. The second-order valence-corrected chi connectivity index (χ2v) is 5.21. The molecule has 2 atom stereocenters. The van der Waals surface area contributed by atoms with Crippen LogP contribution in [-0.4, -0.2) is 33.6 Å². The lowest BCUT2D eigenvalue weighted by Gasteiger charge is -2.40. The van der Waals surface area contributed by atoms with Crippen LogP contribution < -0.4 is 5.32 Å². The molecule has 0 bridgehead atoms. The summed E-state index contributed by atoms with van der Waals surface area (Å²) in [5.41, 5.74) is 1.31. The Balaban J connectivity index is 1.72. The van der Waals surface area contributed by atoms with Gasteiger partial charge in [-0.1, -0.05) is 18.2 Å². The van der Waals surface area contributed by atoms with E-state index >= 15 is 0 Å². The summed E-state index contributed by atoms with van der Waals surface area (Å²) in [4.78, 5) is 42.1. The summed E-state index contributed by atoms with van der Waals surface area (Å²) in [6, 6.07) is 10.6. The van der Waals surface area contributed by atoms with Crippen LogP contribution in [0.3, 0.4) is 0 Å². The third-order valence-electron chi connectivity index (χ3n) is 3.99. The SMILES string of the molecule is O=C1N[C@H](c2ccccn2)[C@@H]1N1C(=O)c2ccccc2C1=O. The second kappa shape index (κ2) is 4.49. The van der Waals surface area contributed by atoms with Crippen LogP contribution in [0.15, 0.2) is 48.7 Å². The van der Waals surface area contributed by atoms with E-state index in [-0.39, 0.29) is 5.91 Å². The van der Waals surface area contributed by atoms with Crippen molar-refractivity contribution < 1.29 is 14.4 Å². The Morgan fingerprint density at radius 3 is 2.09 bits per heavy atom. The van der Waals surface area contributed by atoms with Gasteiger partial charge < -0.3 is 5.32 Å². The van der Waals surface area contributed by atoms with Crippen LogP contribution in [0.2, 0.25) is 0 Å². The van der Waals surface area contributed by atoms with Crippen molar-refractivity contribution in [3.05, 3.63) is 65.5 Å². The van der Waals surface area contributed by atoms with E-state index in [0.717, 1.165) is 4.90 Å². The number of nitrogens with one attached hydrogen (secondary N) is 1. The molecule has 1 saturated heterocycles. The first-order valence-electron chi connectivity index (χ1n) is 6.86. The minimum atomic E-state index is -0.845. The first kappa shape index (κ1) is 12.7. The Bertz CT molecular complexity index is 768. The molecular formula is C16H11N3O3. The largest absolute Gasteiger partial charge is 0.343 e. The Hall–Kier alpha value is -3.02. The van der Waals surface area contributed by atoms with Crippen LogP contribution in [0, 0.1) is 0 Å². The molecule has 3 heterocycles. The van der Waals surface area contributed by atoms with E-state index in [0.29, 0.717) is 16.8 Å². The topological polar surface area (TPSA) is 79.4 Å². The van der Waals surface area contributed by atoms with E-state index in [1.165, 1.54) is 0 Å². The van der Waals surface area contributed by atoms with Crippen LogP contribution in [0.5, 0.6) is 0 Å². The van der Waals surface area contributed by atoms with Gasteiger partial charge in [0.25, 0.3) is 11.8 Å². The van der Waals surface area contributed by atoms with Crippen molar-refractivity contribution in [2.45, 2.75) is 12.1 Å². The predicted octanol–water partition coefficient (Wildman–Crippen LogP) is 0.917. The number of rotatable bonds is 2. The number of fused-ring (bicyclic) bond motifs is 1. The number of imide groups is 1. The number of carbonyl (C=O) groups is 3. The molecule has 1 fully saturated rings. The molecule has 0 spiro atoms. The van der Waals surface area contributed by atoms with E-state index in [9.17, 15) is 14.4 Å². The van der Waals surface area contributed by atoms with Crippen LogP contribution >= 0.6 is 0 Å². The molecule has 1 N–H and O–H groups in total. The smallest absolute Gasteiger partial charge is 0.262 e. The van der Waals surface area contributed by atoms with Gasteiger partial charge in [-0.2, -0.15) is 0 Å². The first-order chi connectivity index (χ1) is 10.7. The van der Waals surface area contributed by atoms with Crippen molar-refractivity contribution >= 4 is 17.7 Å². The van der Waals surface area contributed by atoms with Crippen LogP contribution in [-0.2, 0) is 4.79 Å². The summed E-state index contributed by atoms with van der Waals surface area (Å²) >= 11 is 0. The lowest BCUT2D eigenvalue weighted by Crippen LogP contribution is -2.65. The van der Waals surface area contributed by atoms with E-state index in [1.807, 2.05) is 0 Å². The molecule has 0 unspecified atom stereocenters. The average molecular weight is 293 g/mol. The molecule has 1 aromatic carbocycles. The molecule has 6 heteroatoms. The fourth-order valence-electron chi connectivity index (χ4n) is 2.90. The Morgan fingerprint density at radius 1 is 0.909 bits per heavy atom. The molecule has 2 aliphatic rings. The van der Waals surface area contributed by atoms with Crippen molar-refractivity contribution in [3.8, 4) is 0 Å². The maximum absolute atomic E-state index is 12.5. The summed E-state index contributed by atoms with van der Waals surface area (Å²) in [6.07, 6.45) is 1.61. The highest BCUT2D eigenvalue weighted by Crippen LogP contribution is 2.33. The summed E-state index contributed by atoms with van der Waals surface area (Å²) in [7, 11) is 0. The molecular weight excluding hydrogens is 282 g/mol. The average Bonchev–Trinajstić information content (AvgIpc) is 2.79. The molecule has 108 valence electrons. The maximum Gasteiger partial charge on any atom is 0.262 e. The normalized spacial score (nSPS) is 23.1. The number of β-lactam (4-membered cyclic amide) rings is 1. The zero-order valence-electron chi connectivity index (χ0n) is 11.4. The molecule has 6 nitrogen and oxygen atoms in total. The predicted molar refractivity (Wildman–Crippen MR) is 75.9 cm³/mol. The Kier molecular flexibility index (Phi) is 2.59. The lowest BCUT2D eigenvalue weighted by atomic mass is 9.93. The summed E-state index contributed by atoms with van der Waals surface area (Å²) < 4.78 is 0. The molecule has 0 aliphatic carbocycles. The molecule has 0 saturated carbocycles. The zero-order chi connectivity index (χ0) is 15.3. The molecule has 0 radical (unpaired) electrons. The van der Waals surface area contributed by atoms with Crippen LogP contribution in [0.25, 0.3) is 0 Å². The molecule has 1 aromatic heterocycles. The summed E-state index contributed by atoms with van der Waals surface area (Å²) in [5, 5.41) is 2.71. The van der Waals surface area contributed by atoms with Gasteiger partial charge in [0.2, 0.25) is 5.91 Å². The lowest BCUT2D eigenvalue weighted by molar-refractivity contribution is -0.135. The minimum absolute atomic E-state index is 0.340. The third kappa shape index (κ3) is 1.60. The fraction of sp³-hybridized carbons (Fsp3) is 0.125. The van der Waals surface area contributed by atoms with E-state index in [1.54, 1.807) is 48.7 Å². The van der Waals surface area contributed by atoms with E-state index in [4.69, 9.17) is 0 Å². The van der Waals surface area contributed by atoms with Crippen molar-refractivity contribution in [2.75, 3.05) is 0 Å². The van der Waals surface area contributed by atoms with Gasteiger partial charge in [0, 0.05) is 6.20 Å². The van der Waals surface area contributed by atoms with E-state index < -0.39 is 23.9 Å². The number of pyridine rings is 1. The first-order valence-corrected chi connectivity index (χ1v) is 6.86. The molecule has 2 aromatic rings. The second-order valence-electron chi connectivity index (χ2n) is 5.21.